The Morgan fingerprint density at radius 2 is 2.04 bits per heavy atom. The summed E-state index contributed by atoms with van der Waals surface area (Å²) in [5.74, 6) is 0. The Morgan fingerprint density at radius 3 is 2.68 bits per heavy atom. The first-order chi connectivity index (χ1) is 13.5. The van der Waals surface area contributed by atoms with Gasteiger partial charge in [0, 0.05) is 25.4 Å². The topological polar surface area (TPSA) is 77.6 Å². The number of hydrogen-bond acceptors (Lipinski definition) is 7. The van der Waals surface area contributed by atoms with Gasteiger partial charge in [-0.3, -0.25) is 10.1 Å². The number of rotatable bonds is 6. The van der Waals surface area contributed by atoms with Gasteiger partial charge in [-0.05, 0) is 50.5 Å². The van der Waals surface area contributed by atoms with E-state index in [-0.39, 0.29) is 18.0 Å². The highest BCUT2D eigenvalue weighted by Crippen LogP contribution is 2.34. The van der Waals surface area contributed by atoms with Gasteiger partial charge in [0.15, 0.2) is 22.6 Å². The van der Waals surface area contributed by atoms with Crippen molar-refractivity contribution in [3.63, 3.8) is 0 Å². The molecule has 148 valence electrons. The molecule has 2 heterocycles. The van der Waals surface area contributed by atoms with E-state index in [1.165, 1.54) is 17.8 Å². The Labute approximate surface area is 173 Å². The maximum absolute atomic E-state index is 11.1. The molecule has 0 aromatic heterocycles. The summed E-state index contributed by atoms with van der Waals surface area (Å²) < 4.78 is 0. The normalized spacial score (nSPS) is 21.9. The van der Waals surface area contributed by atoms with E-state index in [4.69, 9.17) is 17.2 Å². The third kappa shape index (κ3) is 3.61. The van der Waals surface area contributed by atoms with Gasteiger partial charge in [0.05, 0.1) is 10.5 Å². The molecule has 0 bridgehead atoms. The van der Waals surface area contributed by atoms with Gasteiger partial charge in [0.2, 0.25) is 0 Å². The SMILES string of the molecule is CCN1C(=S)N(CC)C2C1N=C(SC)N2/N=C/C=C/c1ccccc1[N+](=O)[O-]. The summed E-state index contributed by atoms with van der Waals surface area (Å²) in [5.41, 5.74) is 0.600. The first kappa shape index (κ1) is 20.3. The van der Waals surface area contributed by atoms with E-state index in [9.17, 15) is 10.1 Å². The molecule has 0 N–H and O–H groups in total. The maximum Gasteiger partial charge on any atom is 0.276 e. The predicted octanol–water partition coefficient (Wildman–Crippen LogP) is 3.22. The van der Waals surface area contributed by atoms with Crippen LogP contribution in [-0.2, 0) is 0 Å². The van der Waals surface area contributed by atoms with E-state index in [1.807, 2.05) is 11.3 Å². The van der Waals surface area contributed by atoms with Gasteiger partial charge >= 0.3 is 0 Å². The summed E-state index contributed by atoms with van der Waals surface area (Å²) >= 11 is 7.14. The minimum atomic E-state index is -0.391. The first-order valence-electron chi connectivity index (χ1n) is 8.95. The van der Waals surface area contributed by atoms with Gasteiger partial charge in [-0.15, -0.1) is 0 Å². The van der Waals surface area contributed by atoms with Crippen molar-refractivity contribution >= 4 is 52.2 Å². The minimum absolute atomic E-state index is 0.0663. The van der Waals surface area contributed by atoms with Crippen LogP contribution >= 0.6 is 24.0 Å². The predicted molar refractivity (Wildman–Crippen MR) is 118 cm³/mol. The van der Waals surface area contributed by atoms with Gasteiger partial charge < -0.3 is 9.80 Å². The molecule has 28 heavy (non-hydrogen) atoms. The molecule has 1 aromatic rings. The third-order valence-electron chi connectivity index (χ3n) is 4.64. The fraction of sp³-hybridized carbons (Fsp3) is 0.389. The van der Waals surface area contributed by atoms with E-state index in [1.54, 1.807) is 36.6 Å². The summed E-state index contributed by atoms with van der Waals surface area (Å²) in [6.45, 7) is 5.69. The zero-order valence-electron chi connectivity index (χ0n) is 15.9. The van der Waals surface area contributed by atoms with Crippen LogP contribution in [0.15, 0.2) is 40.4 Å². The quantitative estimate of drug-likeness (QED) is 0.304. The molecule has 2 aliphatic rings. The second-order valence-electron chi connectivity index (χ2n) is 6.08. The van der Waals surface area contributed by atoms with Crippen molar-refractivity contribution in [2.75, 3.05) is 19.3 Å². The van der Waals surface area contributed by atoms with Crippen LogP contribution in [0.25, 0.3) is 6.08 Å². The smallest absolute Gasteiger partial charge is 0.276 e. The van der Waals surface area contributed by atoms with Crippen LogP contribution in [0.1, 0.15) is 19.4 Å². The molecular weight excluding hydrogens is 396 g/mol. The molecule has 0 aliphatic carbocycles. The van der Waals surface area contributed by atoms with Crippen molar-refractivity contribution in [3.05, 3.63) is 46.0 Å². The average Bonchev–Trinajstić information content (AvgIpc) is 3.17. The van der Waals surface area contributed by atoms with E-state index in [0.717, 1.165) is 23.4 Å². The van der Waals surface area contributed by atoms with Crippen LogP contribution < -0.4 is 0 Å². The van der Waals surface area contributed by atoms with E-state index >= 15 is 0 Å². The molecule has 0 radical (unpaired) electrons. The Balaban J connectivity index is 1.82. The molecule has 10 heteroatoms. The van der Waals surface area contributed by atoms with E-state index in [2.05, 4.69) is 28.7 Å². The number of hydrogen-bond donors (Lipinski definition) is 0. The lowest BCUT2D eigenvalue weighted by molar-refractivity contribution is -0.385. The van der Waals surface area contributed by atoms with Crippen LogP contribution in [0.3, 0.4) is 0 Å². The van der Waals surface area contributed by atoms with Crippen molar-refractivity contribution in [2.45, 2.75) is 26.2 Å². The number of allylic oxidation sites excluding steroid dienone is 1. The summed E-state index contributed by atoms with van der Waals surface area (Å²) in [5, 5.41) is 19.2. The molecular formula is C18H22N6O2S2. The number of benzene rings is 1. The molecule has 8 nitrogen and oxygen atoms in total. The molecule has 1 saturated heterocycles. The summed E-state index contributed by atoms with van der Waals surface area (Å²) in [7, 11) is 0. The third-order valence-corrected chi connectivity index (χ3v) is 5.76. The van der Waals surface area contributed by atoms with Gasteiger partial charge in [-0.1, -0.05) is 23.9 Å². The Hall–Kier alpha value is -2.46. The van der Waals surface area contributed by atoms with Crippen LogP contribution in [0.5, 0.6) is 0 Å². The van der Waals surface area contributed by atoms with Crippen LogP contribution in [0.2, 0.25) is 0 Å². The number of aliphatic imine (C=N–C) groups is 1. The number of fused-ring (bicyclic) bond motifs is 1. The minimum Gasteiger partial charge on any atom is -0.324 e. The largest absolute Gasteiger partial charge is 0.324 e. The standard InChI is InChI=1S/C18H22N6O2S2/c1-4-21-15-16(22(5-2)18(21)27)23(17(20-15)28-3)19-12-8-10-13-9-6-7-11-14(13)24(25)26/h6-12,15-16H,4-5H2,1-3H3/b10-8+,19-12+. The molecule has 1 fully saturated rings. The van der Waals surface area contributed by atoms with Gasteiger partial charge in [-0.25, -0.2) is 10.0 Å². The molecule has 0 saturated carbocycles. The number of hydrazone groups is 1. The number of nitro benzene ring substituents is 1. The Kier molecular flexibility index (Phi) is 6.30. The van der Waals surface area contributed by atoms with Crippen molar-refractivity contribution in [2.24, 2.45) is 10.1 Å². The number of likely N-dealkylation sites (N-methyl/N-ethyl adjacent to an activating group) is 2. The first-order valence-corrected chi connectivity index (χ1v) is 10.6. The lowest BCUT2D eigenvalue weighted by atomic mass is 10.2. The van der Waals surface area contributed by atoms with Crippen molar-refractivity contribution in [1.29, 1.82) is 0 Å². The lowest BCUT2D eigenvalue weighted by Gasteiger charge is -2.28. The van der Waals surface area contributed by atoms with Gasteiger partial charge in [-0.2, -0.15) is 5.10 Å². The Morgan fingerprint density at radius 1 is 1.32 bits per heavy atom. The summed E-state index contributed by atoms with van der Waals surface area (Å²) in [6.07, 6.45) is 6.84. The van der Waals surface area contributed by atoms with Crippen molar-refractivity contribution < 1.29 is 4.92 Å². The average molecular weight is 419 g/mol. The van der Waals surface area contributed by atoms with E-state index < -0.39 is 4.92 Å². The lowest BCUT2D eigenvalue weighted by Crippen LogP contribution is -2.45. The zero-order chi connectivity index (χ0) is 20.3. The van der Waals surface area contributed by atoms with Crippen molar-refractivity contribution in [3.8, 4) is 0 Å². The van der Waals surface area contributed by atoms with Crippen LogP contribution in [-0.4, -0.2) is 67.9 Å². The second-order valence-corrected chi connectivity index (χ2v) is 7.22. The zero-order valence-corrected chi connectivity index (χ0v) is 17.6. The molecule has 3 rings (SSSR count). The Bertz CT molecular complexity index is 856. The van der Waals surface area contributed by atoms with Crippen LogP contribution in [0.4, 0.5) is 5.69 Å². The number of para-hydroxylation sites is 1. The molecule has 2 unspecified atom stereocenters. The summed E-state index contributed by atoms with van der Waals surface area (Å²) in [4.78, 5) is 19.8. The highest BCUT2D eigenvalue weighted by molar-refractivity contribution is 8.13. The molecule has 2 aliphatic heterocycles. The number of amidine groups is 1. The highest BCUT2D eigenvalue weighted by Gasteiger charge is 2.50. The number of thioether (sulfide) groups is 1. The highest BCUT2D eigenvalue weighted by atomic mass is 32.2. The van der Waals surface area contributed by atoms with Gasteiger partial charge in [0.1, 0.15) is 0 Å². The molecule has 2 atom stereocenters. The maximum atomic E-state index is 11.1. The molecule has 0 spiro atoms. The fourth-order valence-electron chi connectivity index (χ4n) is 3.35. The molecule has 0 amide bonds. The number of thiocarbonyl (C=S) groups is 1. The monoisotopic (exact) mass is 418 g/mol. The summed E-state index contributed by atoms with van der Waals surface area (Å²) in [6, 6.07) is 6.61. The van der Waals surface area contributed by atoms with Gasteiger partial charge in [0.25, 0.3) is 5.69 Å². The fourth-order valence-corrected chi connectivity index (χ4v) is 4.38. The van der Waals surface area contributed by atoms with E-state index in [0.29, 0.717) is 5.56 Å². The number of nitrogens with zero attached hydrogens (tertiary/aromatic N) is 6. The van der Waals surface area contributed by atoms with Crippen LogP contribution in [0, 0.1) is 10.1 Å². The van der Waals surface area contributed by atoms with Crippen molar-refractivity contribution in [1.82, 2.24) is 14.8 Å². The molecule has 1 aromatic carbocycles. The second kappa shape index (κ2) is 8.70. The number of nitro groups is 1.